The zero-order valence-corrected chi connectivity index (χ0v) is 13.5. The standard InChI is InChI=1S/C16H22ClN3O2/c1-10-7-8-11(9-13(10)17)19-16(22)20-14-6-4-2-3-5-12(14)15(18)21/h7-9,12,14H,2-6H2,1H3,(H2,18,21)(H2,19,20,22). The van der Waals surface area contributed by atoms with Crippen LogP contribution in [0.5, 0.6) is 0 Å². The fourth-order valence-corrected chi connectivity index (χ4v) is 3.01. The lowest BCUT2D eigenvalue weighted by atomic mass is 9.94. The zero-order valence-electron chi connectivity index (χ0n) is 12.7. The van der Waals surface area contributed by atoms with Crippen LogP contribution in [0.15, 0.2) is 18.2 Å². The van der Waals surface area contributed by atoms with Crippen LogP contribution in [0.3, 0.4) is 0 Å². The molecule has 1 aliphatic carbocycles. The molecule has 3 amide bonds. The summed E-state index contributed by atoms with van der Waals surface area (Å²) >= 11 is 6.04. The average Bonchev–Trinajstić information content (AvgIpc) is 2.68. The van der Waals surface area contributed by atoms with Crippen LogP contribution in [-0.4, -0.2) is 18.0 Å². The van der Waals surface area contributed by atoms with Crippen LogP contribution in [0.2, 0.25) is 5.02 Å². The molecular weight excluding hydrogens is 302 g/mol. The average molecular weight is 324 g/mol. The maximum absolute atomic E-state index is 12.1. The minimum Gasteiger partial charge on any atom is -0.369 e. The van der Waals surface area contributed by atoms with Crippen molar-refractivity contribution in [2.45, 2.75) is 45.1 Å². The zero-order chi connectivity index (χ0) is 16.1. The fourth-order valence-electron chi connectivity index (χ4n) is 2.83. The molecular formula is C16H22ClN3O2. The van der Waals surface area contributed by atoms with E-state index < -0.39 is 0 Å². The number of rotatable bonds is 3. The number of hydrogen-bond acceptors (Lipinski definition) is 2. The molecule has 1 fully saturated rings. The Kier molecular flexibility index (Phi) is 5.66. The number of halogens is 1. The van der Waals surface area contributed by atoms with Gasteiger partial charge in [0.25, 0.3) is 0 Å². The third kappa shape index (κ3) is 4.37. The van der Waals surface area contributed by atoms with Gasteiger partial charge in [-0.05, 0) is 37.5 Å². The number of nitrogens with one attached hydrogen (secondary N) is 2. The van der Waals surface area contributed by atoms with Crippen LogP contribution >= 0.6 is 11.6 Å². The van der Waals surface area contributed by atoms with E-state index in [1.54, 1.807) is 12.1 Å². The van der Waals surface area contributed by atoms with Crippen molar-refractivity contribution >= 4 is 29.2 Å². The Balaban J connectivity index is 1.99. The van der Waals surface area contributed by atoms with Gasteiger partial charge in [0.2, 0.25) is 5.91 Å². The topological polar surface area (TPSA) is 84.2 Å². The Bertz CT molecular complexity index is 562. The summed E-state index contributed by atoms with van der Waals surface area (Å²) < 4.78 is 0. The van der Waals surface area contributed by atoms with Crippen LogP contribution in [0.25, 0.3) is 0 Å². The molecule has 2 rings (SSSR count). The van der Waals surface area contributed by atoms with E-state index >= 15 is 0 Å². The number of amides is 3. The van der Waals surface area contributed by atoms with E-state index in [1.165, 1.54) is 0 Å². The minimum absolute atomic E-state index is 0.207. The van der Waals surface area contributed by atoms with Crippen LogP contribution in [-0.2, 0) is 4.79 Å². The molecule has 0 aromatic heterocycles. The van der Waals surface area contributed by atoms with Gasteiger partial charge >= 0.3 is 6.03 Å². The van der Waals surface area contributed by atoms with Crippen molar-refractivity contribution in [1.29, 1.82) is 0 Å². The van der Waals surface area contributed by atoms with Crippen molar-refractivity contribution in [3.8, 4) is 0 Å². The molecule has 5 nitrogen and oxygen atoms in total. The minimum atomic E-state index is -0.342. The number of anilines is 1. The van der Waals surface area contributed by atoms with Gasteiger partial charge in [0.1, 0.15) is 0 Å². The first-order chi connectivity index (χ1) is 10.5. The molecule has 0 radical (unpaired) electrons. The van der Waals surface area contributed by atoms with E-state index in [9.17, 15) is 9.59 Å². The molecule has 120 valence electrons. The molecule has 22 heavy (non-hydrogen) atoms. The smallest absolute Gasteiger partial charge is 0.319 e. The van der Waals surface area contributed by atoms with Crippen molar-refractivity contribution in [1.82, 2.24) is 5.32 Å². The molecule has 6 heteroatoms. The predicted molar refractivity (Wildman–Crippen MR) is 87.9 cm³/mol. The molecule has 0 spiro atoms. The van der Waals surface area contributed by atoms with E-state index in [0.717, 1.165) is 37.7 Å². The lowest BCUT2D eigenvalue weighted by molar-refractivity contribution is -0.122. The molecule has 1 aromatic carbocycles. The van der Waals surface area contributed by atoms with Gasteiger partial charge < -0.3 is 16.4 Å². The second-order valence-electron chi connectivity index (χ2n) is 5.82. The van der Waals surface area contributed by atoms with Gasteiger partial charge in [0.05, 0.1) is 5.92 Å². The van der Waals surface area contributed by atoms with E-state index in [-0.39, 0.29) is 23.9 Å². The van der Waals surface area contributed by atoms with Gasteiger partial charge in [0, 0.05) is 16.8 Å². The Morgan fingerprint density at radius 3 is 2.64 bits per heavy atom. The molecule has 2 unspecified atom stereocenters. The van der Waals surface area contributed by atoms with Crippen LogP contribution in [0.1, 0.15) is 37.7 Å². The molecule has 0 saturated heterocycles. The maximum Gasteiger partial charge on any atom is 0.319 e. The fraction of sp³-hybridized carbons (Fsp3) is 0.500. The third-order valence-electron chi connectivity index (χ3n) is 4.13. The highest BCUT2D eigenvalue weighted by Crippen LogP contribution is 2.24. The highest BCUT2D eigenvalue weighted by Gasteiger charge is 2.29. The normalized spacial score (nSPS) is 21.7. The Labute approximate surface area is 135 Å². The number of aryl methyl sites for hydroxylation is 1. The SMILES string of the molecule is Cc1ccc(NC(=O)NC2CCCCCC2C(N)=O)cc1Cl. The van der Waals surface area contributed by atoms with E-state index in [1.807, 2.05) is 13.0 Å². The summed E-state index contributed by atoms with van der Waals surface area (Å²) in [6, 6.07) is 4.80. The van der Waals surface area contributed by atoms with Crippen molar-refractivity contribution in [2.75, 3.05) is 5.32 Å². The van der Waals surface area contributed by atoms with Crippen LogP contribution in [0, 0.1) is 12.8 Å². The largest absolute Gasteiger partial charge is 0.369 e. The molecule has 0 bridgehead atoms. The molecule has 1 aromatic rings. The molecule has 0 heterocycles. The van der Waals surface area contributed by atoms with Gasteiger partial charge in [-0.2, -0.15) is 0 Å². The number of carbonyl (C=O) groups excluding carboxylic acids is 2. The first-order valence-corrected chi connectivity index (χ1v) is 7.98. The lowest BCUT2D eigenvalue weighted by Gasteiger charge is -2.23. The number of hydrogen-bond donors (Lipinski definition) is 3. The molecule has 2 atom stereocenters. The van der Waals surface area contributed by atoms with Crippen molar-refractivity contribution < 1.29 is 9.59 Å². The van der Waals surface area contributed by atoms with Gasteiger partial charge in [-0.3, -0.25) is 4.79 Å². The van der Waals surface area contributed by atoms with Crippen molar-refractivity contribution in [3.05, 3.63) is 28.8 Å². The lowest BCUT2D eigenvalue weighted by Crippen LogP contribution is -2.46. The van der Waals surface area contributed by atoms with E-state index in [4.69, 9.17) is 17.3 Å². The third-order valence-corrected chi connectivity index (χ3v) is 4.53. The van der Waals surface area contributed by atoms with Gasteiger partial charge in [-0.1, -0.05) is 36.9 Å². The highest BCUT2D eigenvalue weighted by atomic mass is 35.5. The first kappa shape index (κ1) is 16.6. The summed E-state index contributed by atoms with van der Waals surface area (Å²) in [6.07, 6.45) is 4.54. The quantitative estimate of drug-likeness (QED) is 0.746. The molecule has 1 saturated carbocycles. The summed E-state index contributed by atoms with van der Waals surface area (Å²) in [4.78, 5) is 23.7. The highest BCUT2D eigenvalue weighted by molar-refractivity contribution is 6.31. The Morgan fingerprint density at radius 2 is 1.95 bits per heavy atom. The number of urea groups is 1. The second kappa shape index (κ2) is 7.49. The number of benzene rings is 1. The Hall–Kier alpha value is -1.75. The molecule has 4 N–H and O–H groups in total. The summed E-state index contributed by atoms with van der Waals surface area (Å²) in [6.45, 7) is 1.90. The number of carbonyl (C=O) groups is 2. The van der Waals surface area contributed by atoms with Crippen LogP contribution < -0.4 is 16.4 Å². The summed E-state index contributed by atoms with van der Waals surface area (Å²) in [5.74, 6) is -0.638. The van der Waals surface area contributed by atoms with Crippen molar-refractivity contribution in [3.63, 3.8) is 0 Å². The summed E-state index contributed by atoms with van der Waals surface area (Å²) in [5, 5.41) is 6.23. The van der Waals surface area contributed by atoms with E-state index in [0.29, 0.717) is 10.7 Å². The van der Waals surface area contributed by atoms with Gasteiger partial charge in [-0.15, -0.1) is 0 Å². The van der Waals surface area contributed by atoms with E-state index in [2.05, 4.69) is 10.6 Å². The molecule has 0 aliphatic heterocycles. The van der Waals surface area contributed by atoms with Crippen LogP contribution in [0.4, 0.5) is 10.5 Å². The second-order valence-corrected chi connectivity index (χ2v) is 6.22. The summed E-state index contributed by atoms with van der Waals surface area (Å²) in [5.41, 5.74) is 7.04. The summed E-state index contributed by atoms with van der Waals surface area (Å²) in [7, 11) is 0. The van der Waals surface area contributed by atoms with Gasteiger partial charge in [-0.25, -0.2) is 4.79 Å². The number of nitrogens with two attached hydrogens (primary N) is 1. The first-order valence-electron chi connectivity index (χ1n) is 7.60. The van der Waals surface area contributed by atoms with Crippen molar-refractivity contribution in [2.24, 2.45) is 11.7 Å². The monoisotopic (exact) mass is 323 g/mol. The number of primary amides is 1. The molecule has 1 aliphatic rings. The Morgan fingerprint density at radius 1 is 1.23 bits per heavy atom. The van der Waals surface area contributed by atoms with Gasteiger partial charge in [0.15, 0.2) is 0 Å². The predicted octanol–water partition coefficient (Wildman–Crippen LogP) is 3.20. The maximum atomic E-state index is 12.1.